The van der Waals surface area contributed by atoms with Gasteiger partial charge in [-0.05, 0) is 85.7 Å². The number of fused-ring (bicyclic) bond motifs is 5. The average Bonchev–Trinajstić information content (AvgIpc) is 3.73. The topological polar surface area (TPSA) is 114 Å². The van der Waals surface area contributed by atoms with Crippen LogP contribution in [-0.4, -0.2) is 46.0 Å². The second kappa shape index (κ2) is 10.2. The summed E-state index contributed by atoms with van der Waals surface area (Å²) in [4.78, 5) is 66.4. The fourth-order valence-corrected chi connectivity index (χ4v) is 6.64. The number of ether oxygens (including phenoxy) is 1. The highest BCUT2D eigenvalue weighted by Gasteiger charge is 2.62. The predicted octanol–water partition coefficient (Wildman–Crippen LogP) is 5.08. The Balaban J connectivity index is 1.27. The van der Waals surface area contributed by atoms with Crippen molar-refractivity contribution in [2.24, 2.45) is 23.7 Å². The van der Waals surface area contributed by atoms with Crippen molar-refractivity contribution in [3.63, 3.8) is 0 Å². The molecule has 3 amide bonds. The van der Waals surface area contributed by atoms with Gasteiger partial charge in [-0.15, -0.1) is 0 Å². The van der Waals surface area contributed by atoms with Crippen molar-refractivity contribution < 1.29 is 33.1 Å². The minimum atomic E-state index is -0.770. The van der Waals surface area contributed by atoms with E-state index in [0.29, 0.717) is 5.02 Å². The third kappa shape index (κ3) is 4.49. The van der Waals surface area contributed by atoms with Gasteiger partial charge in [0.2, 0.25) is 5.76 Å². The number of carbonyl (C=O) groups is 5. The number of Topliss-reactive ketones (excluding diaryl/α,β-unsaturated/α-hetero) is 1. The summed E-state index contributed by atoms with van der Waals surface area (Å²) in [6, 6.07) is 12.9. The molecule has 2 heterocycles. The Kier molecular flexibility index (Phi) is 6.72. The van der Waals surface area contributed by atoms with Gasteiger partial charge in [0, 0.05) is 10.6 Å². The zero-order valence-electron chi connectivity index (χ0n) is 20.9. The van der Waals surface area contributed by atoms with Gasteiger partial charge in [-0.2, -0.15) is 5.01 Å². The molecule has 1 saturated heterocycles. The van der Waals surface area contributed by atoms with Crippen LogP contribution in [0, 0.1) is 23.7 Å². The molecule has 2 saturated carbocycles. The number of hydrazine groups is 1. The summed E-state index contributed by atoms with van der Waals surface area (Å²) in [5.41, 5.74) is 0.178. The van der Waals surface area contributed by atoms with Gasteiger partial charge in [-0.3, -0.25) is 19.2 Å². The van der Waals surface area contributed by atoms with Gasteiger partial charge in [0.15, 0.2) is 5.78 Å². The van der Waals surface area contributed by atoms with E-state index in [0.717, 1.165) is 29.3 Å². The molecule has 11 heteroatoms. The van der Waals surface area contributed by atoms with Gasteiger partial charge < -0.3 is 9.15 Å². The van der Waals surface area contributed by atoms with Gasteiger partial charge in [0.1, 0.15) is 12.3 Å². The van der Waals surface area contributed by atoms with Crippen molar-refractivity contribution in [1.29, 1.82) is 0 Å². The highest BCUT2D eigenvalue weighted by Crippen LogP contribution is 2.56. The van der Waals surface area contributed by atoms with Crippen LogP contribution in [-0.2, 0) is 9.59 Å². The second-order valence-corrected chi connectivity index (χ2v) is 11.0. The van der Waals surface area contributed by atoms with E-state index < -0.39 is 47.9 Å². The molecule has 40 heavy (non-hydrogen) atoms. The van der Waals surface area contributed by atoms with Crippen LogP contribution in [0.2, 0.25) is 10.0 Å². The van der Waals surface area contributed by atoms with E-state index in [1.807, 2.05) is 0 Å². The Morgan fingerprint density at radius 3 is 2.23 bits per heavy atom. The molecule has 2 bridgehead atoms. The smallest absolute Gasteiger partial charge is 0.379 e. The molecular formula is C29H22Cl2N2O7. The summed E-state index contributed by atoms with van der Waals surface area (Å²) in [6.45, 7) is -0.588. The summed E-state index contributed by atoms with van der Waals surface area (Å²) in [7, 11) is 0. The van der Waals surface area contributed by atoms with Crippen LogP contribution in [0.25, 0.3) is 0 Å². The molecule has 1 aromatic heterocycles. The molecule has 204 valence electrons. The molecule has 1 aliphatic heterocycles. The Bertz CT molecular complexity index is 1510. The van der Waals surface area contributed by atoms with E-state index in [-0.39, 0.29) is 39.5 Å². The van der Waals surface area contributed by atoms with Gasteiger partial charge >= 0.3 is 5.97 Å². The number of hydrogen-bond acceptors (Lipinski definition) is 7. The normalized spacial score (nSPS) is 22.9. The van der Waals surface area contributed by atoms with E-state index in [1.165, 1.54) is 54.8 Å². The number of ketones is 1. The van der Waals surface area contributed by atoms with E-state index in [1.54, 1.807) is 6.07 Å². The lowest BCUT2D eigenvalue weighted by atomic mass is 9.81. The summed E-state index contributed by atoms with van der Waals surface area (Å²) < 4.78 is 10.3. The maximum Gasteiger partial charge on any atom is 0.379 e. The molecule has 4 atom stereocenters. The average molecular weight is 581 g/mol. The van der Waals surface area contributed by atoms with Crippen molar-refractivity contribution in [3.05, 3.63) is 87.8 Å². The zero-order valence-corrected chi connectivity index (χ0v) is 22.4. The highest BCUT2D eigenvalue weighted by atomic mass is 35.5. The van der Waals surface area contributed by atoms with Crippen LogP contribution in [0.3, 0.4) is 0 Å². The summed E-state index contributed by atoms with van der Waals surface area (Å²) in [5, 5.41) is 2.07. The monoisotopic (exact) mass is 580 g/mol. The van der Waals surface area contributed by atoms with Crippen molar-refractivity contribution in [3.8, 4) is 5.75 Å². The Labute approximate surface area is 238 Å². The largest absolute Gasteiger partial charge is 0.457 e. The SMILES string of the molecule is O=C(CN(C(=O)c1ccc(Cl)cc1Cl)N1C(=O)[C@@H]2[C@H]3CC[C@@H](C3)[C@@H]2C1=O)c1ccc(OC(=O)c2ccco2)cc1. The lowest BCUT2D eigenvalue weighted by Crippen LogP contribution is -2.52. The Morgan fingerprint density at radius 1 is 0.950 bits per heavy atom. The fourth-order valence-electron chi connectivity index (χ4n) is 6.15. The number of amides is 3. The van der Waals surface area contributed by atoms with E-state index in [9.17, 15) is 24.0 Å². The molecule has 2 aliphatic carbocycles. The molecule has 3 fully saturated rings. The van der Waals surface area contributed by atoms with E-state index >= 15 is 0 Å². The van der Waals surface area contributed by atoms with Crippen LogP contribution in [0.5, 0.6) is 5.75 Å². The molecular weight excluding hydrogens is 559 g/mol. The number of rotatable bonds is 7. The maximum atomic E-state index is 13.7. The van der Waals surface area contributed by atoms with Gasteiger partial charge in [0.05, 0.1) is 28.7 Å². The fraction of sp³-hybridized carbons (Fsp3) is 0.276. The summed E-state index contributed by atoms with van der Waals surface area (Å²) >= 11 is 12.3. The van der Waals surface area contributed by atoms with Crippen LogP contribution in [0.1, 0.15) is 50.5 Å². The molecule has 0 N–H and O–H groups in total. The highest BCUT2D eigenvalue weighted by molar-refractivity contribution is 6.36. The molecule has 3 aliphatic rings. The standard InChI is InChI=1S/C29H22Cl2N2O7/c30-18-7-10-20(21(31)13-18)26(35)32(33-27(36)24-16-3-4-17(12-16)25(24)28(33)37)14-22(34)15-5-8-19(9-6-15)40-29(38)23-2-1-11-39-23/h1-2,5-11,13,16-17,24-25H,3-4,12,14H2/t16-,17-,24-,25+/m0/s1. The second-order valence-electron chi connectivity index (χ2n) is 10.2. The van der Waals surface area contributed by atoms with Crippen molar-refractivity contribution >= 4 is 52.7 Å². The Hall–Kier alpha value is -3.95. The first kappa shape index (κ1) is 26.3. The molecule has 3 aromatic rings. The third-order valence-corrected chi connectivity index (χ3v) is 8.49. The first-order valence-electron chi connectivity index (χ1n) is 12.8. The molecule has 0 radical (unpaired) electrons. The van der Waals surface area contributed by atoms with Gasteiger partial charge in [0.25, 0.3) is 17.7 Å². The molecule has 9 nitrogen and oxygen atoms in total. The summed E-state index contributed by atoms with van der Waals surface area (Å²) in [5.74, 6) is -3.52. The van der Waals surface area contributed by atoms with Crippen LogP contribution < -0.4 is 4.74 Å². The number of halogens is 2. The molecule has 0 spiro atoms. The lowest BCUT2D eigenvalue weighted by Gasteiger charge is -2.31. The Morgan fingerprint density at radius 2 is 1.62 bits per heavy atom. The number of nitrogens with zero attached hydrogens (tertiary/aromatic N) is 2. The molecule has 0 unspecified atom stereocenters. The van der Waals surface area contributed by atoms with Crippen molar-refractivity contribution in [2.75, 3.05) is 6.54 Å². The number of furan rings is 1. The quantitative estimate of drug-likeness (QED) is 0.166. The number of benzene rings is 2. The van der Waals surface area contributed by atoms with Gasteiger partial charge in [-0.1, -0.05) is 23.2 Å². The first-order valence-corrected chi connectivity index (χ1v) is 13.5. The van der Waals surface area contributed by atoms with Gasteiger partial charge in [-0.25, -0.2) is 9.80 Å². The number of esters is 1. The first-order chi connectivity index (χ1) is 19.2. The zero-order chi connectivity index (χ0) is 28.1. The van der Waals surface area contributed by atoms with E-state index in [4.69, 9.17) is 32.4 Å². The summed E-state index contributed by atoms with van der Waals surface area (Å²) in [6.07, 6.45) is 3.90. The van der Waals surface area contributed by atoms with Crippen molar-refractivity contribution in [1.82, 2.24) is 10.0 Å². The minimum absolute atomic E-state index is 0.000292. The number of imide groups is 1. The maximum absolute atomic E-state index is 13.7. The molecule has 6 rings (SSSR count). The van der Waals surface area contributed by atoms with E-state index in [2.05, 4.69) is 0 Å². The minimum Gasteiger partial charge on any atom is -0.457 e. The van der Waals surface area contributed by atoms with Crippen LogP contribution in [0.15, 0.2) is 65.3 Å². The lowest BCUT2D eigenvalue weighted by molar-refractivity contribution is -0.155. The third-order valence-electron chi connectivity index (χ3n) is 7.94. The number of carbonyl (C=O) groups excluding carboxylic acids is 5. The predicted molar refractivity (Wildman–Crippen MR) is 142 cm³/mol. The van der Waals surface area contributed by atoms with Crippen LogP contribution >= 0.6 is 23.2 Å². The van der Waals surface area contributed by atoms with Crippen LogP contribution in [0.4, 0.5) is 0 Å². The molecule has 2 aromatic carbocycles. The number of hydrogen-bond donors (Lipinski definition) is 0. The van der Waals surface area contributed by atoms with Crippen molar-refractivity contribution in [2.45, 2.75) is 19.3 Å².